The lowest BCUT2D eigenvalue weighted by atomic mass is 10.3. The van der Waals surface area contributed by atoms with Crippen molar-refractivity contribution in [2.24, 2.45) is 0 Å². The number of rotatable bonds is 5. The van der Waals surface area contributed by atoms with Gasteiger partial charge in [0.2, 0.25) is 20.0 Å². The smallest absolute Gasteiger partial charge is 0.265 e. The molecule has 0 aliphatic rings. The molecule has 1 aromatic heterocycles. The molecule has 0 spiro atoms. The van der Waals surface area contributed by atoms with E-state index in [1.165, 1.54) is 29.5 Å². The van der Waals surface area contributed by atoms with Gasteiger partial charge in [-0.1, -0.05) is 0 Å². The molecule has 0 unspecified atom stereocenters. The molecular formula is C14H15BrN2O5S3. The van der Waals surface area contributed by atoms with Crippen LogP contribution >= 0.6 is 27.3 Å². The van der Waals surface area contributed by atoms with E-state index in [9.17, 15) is 21.6 Å². The maximum absolute atomic E-state index is 12.2. The van der Waals surface area contributed by atoms with Gasteiger partial charge in [-0.25, -0.2) is 16.8 Å². The highest BCUT2D eigenvalue weighted by atomic mass is 79.9. The summed E-state index contributed by atoms with van der Waals surface area (Å²) < 4.78 is 47.9. The monoisotopic (exact) mass is 466 g/mol. The second kappa shape index (κ2) is 7.06. The standard InChI is InChI=1S/C14H15BrN2O5S3/c1-9-4-7-13(23-9)14(18)16-10-5-6-12(11(15)8-10)17(24(2,19)20)25(3,21)22/h4-8H,1-3H3,(H,16,18). The molecule has 1 aromatic carbocycles. The van der Waals surface area contributed by atoms with Crippen LogP contribution in [-0.2, 0) is 20.0 Å². The Morgan fingerprint density at radius 1 is 1.08 bits per heavy atom. The summed E-state index contributed by atoms with van der Waals surface area (Å²) in [5, 5.41) is 2.68. The third-order valence-corrected chi connectivity index (χ3v) is 7.83. The molecule has 2 rings (SSSR count). The van der Waals surface area contributed by atoms with Gasteiger partial charge < -0.3 is 5.32 Å². The summed E-state index contributed by atoms with van der Waals surface area (Å²) in [6, 6.07) is 7.71. The van der Waals surface area contributed by atoms with Gasteiger partial charge in [0, 0.05) is 15.0 Å². The maximum atomic E-state index is 12.2. The van der Waals surface area contributed by atoms with Crippen molar-refractivity contribution < 1.29 is 21.6 Å². The summed E-state index contributed by atoms with van der Waals surface area (Å²) in [7, 11) is -8.09. The lowest BCUT2D eigenvalue weighted by Gasteiger charge is -2.21. The van der Waals surface area contributed by atoms with Crippen LogP contribution < -0.4 is 9.03 Å². The van der Waals surface area contributed by atoms with E-state index in [1.807, 2.05) is 13.0 Å². The Labute approximate surface area is 158 Å². The summed E-state index contributed by atoms with van der Waals surface area (Å²) in [5.41, 5.74) is 0.337. The number of amides is 1. The first-order valence-corrected chi connectivity index (χ1v) is 12.1. The number of thiophene rings is 1. The molecule has 1 amide bonds. The zero-order chi connectivity index (χ0) is 19.0. The van der Waals surface area contributed by atoms with Crippen LogP contribution in [0.5, 0.6) is 0 Å². The fourth-order valence-corrected chi connectivity index (χ4v) is 6.64. The van der Waals surface area contributed by atoms with Gasteiger partial charge in [0.05, 0.1) is 23.1 Å². The van der Waals surface area contributed by atoms with Crippen molar-refractivity contribution in [3.63, 3.8) is 0 Å². The number of benzene rings is 1. The van der Waals surface area contributed by atoms with Crippen molar-refractivity contribution in [3.05, 3.63) is 44.6 Å². The van der Waals surface area contributed by atoms with Crippen molar-refractivity contribution >= 4 is 64.6 Å². The third kappa shape index (κ3) is 4.81. The molecule has 0 bridgehead atoms. The number of carbonyl (C=O) groups excluding carboxylic acids is 1. The molecular weight excluding hydrogens is 452 g/mol. The Hall–Kier alpha value is -1.43. The largest absolute Gasteiger partial charge is 0.321 e. The summed E-state index contributed by atoms with van der Waals surface area (Å²) in [6.45, 7) is 1.89. The molecule has 7 nitrogen and oxygen atoms in total. The highest BCUT2D eigenvalue weighted by Crippen LogP contribution is 2.32. The van der Waals surface area contributed by atoms with E-state index in [0.717, 1.165) is 17.4 Å². The van der Waals surface area contributed by atoms with Crippen molar-refractivity contribution in [2.75, 3.05) is 21.5 Å². The van der Waals surface area contributed by atoms with Gasteiger partial charge in [-0.15, -0.1) is 11.3 Å². The second-order valence-corrected chi connectivity index (χ2v) is 11.3. The summed E-state index contributed by atoms with van der Waals surface area (Å²) in [5.74, 6) is -0.305. The Morgan fingerprint density at radius 2 is 1.68 bits per heavy atom. The van der Waals surface area contributed by atoms with E-state index >= 15 is 0 Å². The average Bonchev–Trinajstić information content (AvgIpc) is 2.85. The van der Waals surface area contributed by atoms with E-state index in [1.54, 1.807) is 6.07 Å². The Balaban J connectivity index is 2.36. The van der Waals surface area contributed by atoms with Crippen LogP contribution in [0.25, 0.3) is 0 Å². The number of halogens is 1. The molecule has 0 radical (unpaired) electrons. The van der Waals surface area contributed by atoms with Crippen LogP contribution in [0.4, 0.5) is 11.4 Å². The third-order valence-electron chi connectivity index (χ3n) is 2.97. The van der Waals surface area contributed by atoms with Gasteiger partial charge >= 0.3 is 0 Å². The molecule has 0 fully saturated rings. The molecule has 0 aliphatic heterocycles. The van der Waals surface area contributed by atoms with E-state index in [0.29, 0.717) is 14.3 Å². The number of anilines is 2. The van der Waals surface area contributed by atoms with Crippen molar-refractivity contribution in [2.45, 2.75) is 6.92 Å². The van der Waals surface area contributed by atoms with E-state index < -0.39 is 20.0 Å². The normalized spacial score (nSPS) is 12.0. The fraction of sp³-hybridized carbons (Fsp3) is 0.214. The molecule has 11 heteroatoms. The minimum Gasteiger partial charge on any atom is -0.321 e. The molecule has 0 saturated heterocycles. The van der Waals surface area contributed by atoms with Gasteiger partial charge in [0.25, 0.3) is 5.91 Å². The second-order valence-electron chi connectivity index (χ2n) is 5.25. The first-order chi connectivity index (χ1) is 11.4. The number of aryl methyl sites for hydroxylation is 1. The van der Waals surface area contributed by atoms with E-state index in [2.05, 4.69) is 21.2 Å². The molecule has 0 aliphatic carbocycles. The van der Waals surface area contributed by atoms with Crippen LogP contribution in [-0.4, -0.2) is 35.3 Å². The minimum absolute atomic E-state index is 0.0602. The molecule has 0 atom stereocenters. The summed E-state index contributed by atoms with van der Waals surface area (Å²) in [4.78, 5) is 13.7. The average molecular weight is 467 g/mol. The van der Waals surface area contributed by atoms with Crippen LogP contribution in [0.15, 0.2) is 34.8 Å². The molecule has 1 heterocycles. The van der Waals surface area contributed by atoms with E-state index in [-0.39, 0.29) is 16.1 Å². The fourth-order valence-electron chi connectivity index (χ4n) is 2.09. The Bertz CT molecular complexity index is 996. The zero-order valence-corrected chi connectivity index (χ0v) is 17.5. The molecule has 136 valence electrons. The molecule has 0 saturated carbocycles. The zero-order valence-electron chi connectivity index (χ0n) is 13.5. The van der Waals surface area contributed by atoms with Gasteiger partial charge in [-0.3, -0.25) is 4.79 Å². The summed E-state index contributed by atoms with van der Waals surface area (Å²) >= 11 is 4.51. The number of hydrogen-bond acceptors (Lipinski definition) is 6. The van der Waals surface area contributed by atoms with Crippen molar-refractivity contribution in [3.8, 4) is 0 Å². The number of nitrogens with zero attached hydrogens (tertiary/aromatic N) is 1. The quantitative estimate of drug-likeness (QED) is 0.729. The lowest BCUT2D eigenvalue weighted by molar-refractivity contribution is 0.103. The number of hydrogen-bond donors (Lipinski definition) is 1. The Morgan fingerprint density at radius 3 is 2.12 bits per heavy atom. The van der Waals surface area contributed by atoms with Gasteiger partial charge in [0.15, 0.2) is 0 Å². The number of nitrogens with one attached hydrogen (secondary N) is 1. The van der Waals surface area contributed by atoms with E-state index in [4.69, 9.17) is 0 Å². The maximum Gasteiger partial charge on any atom is 0.265 e. The van der Waals surface area contributed by atoms with Crippen molar-refractivity contribution in [1.29, 1.82) is 0 Å². The highest BCUT2D eigenvalue weighted by molar-refractivity contribution is 9.10. The highest BCUT2D eigenvalue weighted by Gasteiger charge is 2.29. The predicted octanol–water partition coefficient (Wildman–Crippen LogP) is 2.80. The number of sulfonamides is 2. The van der Waals surface area contributed by atoms with Crippen LogP contribution in [0.2, 0.25) is 0 Å². The first kappa shape index (κ1) is 19.9. The first-order valence-electron chi connectivity index (χ1n) is 6.77. The number of carbonyl (C=O) groups is 1. The summed E-state index contributed by atoms with van der Waals surface area (Å²) in [6.07, 6.45) is 1.60. The molecule has 25 heavy (non-hydrogen) atoms. The van der Waals surface area contributed by atoms with Crippen LogP contribution in [0, 0.1) is 6.92 Å². The Kier molecular flexibility index (Phi) is 5.62. The van der Waals surface area contributed by atoms with Gasteiger partial charge in [0.1, 0.15) is 0 Å². The van der Waals surface area contributed by atoms with Gasteiger partial charge in [-0.05, 0) is 53.2 Å². The predicted molar refractivity (Wildman–Crippen MR) is 103 cm³/mol. The molecule has 1 N–H and O–H groups in total. The van der Waals surface area contributed by atoms with Crippen LogP contribution in [0.3, 0.4) is 0 Å². The molecule has 2 aromatic rings. The van der Waals surface area contributed by atoms with Gasteiger partial charge in [-0.2, -0.15) is 3.71 Å². The SMILES string of the molecule is Cc1ccc(C(=O)Nc2ccc(N(S(C)(=O)=O)S(C)(=O)=O)c(Br)c2)s1. The lowest BCUT2D eigenvalue weighted by Crippen LogP contribution is -2.35. The van der Waals surface area contributed by atoms with Crippen molar-refractivity contribution in [1.82, 2.24) is 0 Å². The topological polar surface area (TPSA) is 101 Å². The van der Waals surface area contributed by atoms with Crippen LogP contribution in [0.1, 0.15) is 14.5 Å². The minimum atomic E-state index is -4.04.